The van der Waals surface area contributed by atoms with Gasteiger partial charge in [0.1, 0.15) is 0 Å². The van der Waals surface area contributed by atoms with Crippen molar-refractivity contribution in [2.45, 2.75) is 13.0 Å². The van der Waals surface area contributed by atoms with Gasteiger partial charge in [0.2, 0.25) is 0 Å². The normalized spacial score (nSPS) is 13.1. The number of imidazole rings is 1. The molecule has 1 N–H and O–H groups in total. The lowest BCUT2D eigenvalue weighted by atomic mass is 10.3. The number of H-pyrrole nitrogens is 1. The van der Waals surface area contributed by atoms with Gasteiger partial charge in [-0.1, -0.05) is 11.6 Å². The molecule has 0 aliphatic heterocycles. The average molecular weight is 289 g/mol. The first-order valence-corrected chi connectivity index (χ1v) is 7.77. The van der Waals surface area contributed by atoms with E-state index in [0.29, 0.717) is 15.5 Å². The highest BCUT2D eigenvalue weighted by Crippen LogP contribution is 2.19. The Kier molecular flexibility index (Phi) is 4.01. The first-order chi connectivity index (χ1) is 8.08. The Morgan fingerprint density at radius 2 is 2.29 bits per heavy atom. The minimum Gasteiger partial charge on any atom is -0.331 e. The molecule has 1 aromatic heterocycles. The molecule has 0 aliphatic rings. The van der Waals surface area contributed by atoms with E-state index in [-0.39, 0.29) is 0 Å². The summed E-state index contributed by atoms with van der Waals surface area (Å²) in [5.41, 5.74) is 1.99. The fourth-order valence-electron chi connectivity index (χ4n) is 1.78. The van der Waals surface area contributed by atoms with Gasteiger partial charge in [0.15, 0.2) is 4.77 Å². The summed E-state index contributed by atoms with van der Waals surface area (Å²) >= 11 is 11.2. The van der Waals surface area contributed by atoms with Crippen LogP contribution in [0.3, 0.4) is 0 Å². The highest BCUT2D eigenvalue weighted by atomic mass is 35.5. The third kappa shape index (κ3) is 2.97. The number of rotatable bonds is 4. The fourth-order valence-corrected chi connectivity index (χ4v) is 2.79. The zero-order chi connectivity index (χ0) is 12.4. The van der Waals surface area contributed by atoms with Gasteiger partial charge in [-0.15, -0.1) is 0 Å². The lowest BCUT2D eigenvalue weighted by molar-refractivity contribution is 0.665. The Morgan fingerprint density at radius 1 is 1.53 bits per heavy atom. The van der Waals surface area contributed by atoms with Crippen LogP contribution in [0.5, 0.6) is 0 Å². The molecule has 1 aromatic carbocycles. The minimum absolute atomic E-state index is 0.684. The smallest absolute Gasteiger partial charge is 0.178 e. The molecule has 17 heavy (non-hydrogen) atoms. The Bertz CT molecular complexity index is 617. The van der Waals surface area contributed by atoms with E-state index in [1.807, 2.05) is 22.8 Å². The number of aromatic amines is 1. The van der Waals surface area contributed by atoms with Crippen LogP contribution < -0.4 is 0 Å². The second-order valence-corrected chi connectivity index (χ2v) is 6.25. The predicted octanol–water partition coefficient (Wildman–Crippen LogP) is 3.12. The molecular weight excluding hydrogens is 276 g/mol. The van der Waals surface area contributed by atoms with E-state index in [2.05, 4.69) is 4.98 Å². The van der Waals surface area contributed by atoms with Crippen LogP contribution in [0.4, 0.5) is 0 Å². The first-order valence-electron chi connectivity index (χ1n) is 5.26. The van der Waals surface area contributed by atoms with Crippen molar-refractivity contribution in [2.24, 2.45) is 0 Å². The second kappa shape index (κ2) is 5.33. The summed E-state index contributed by atoms with van der Waals surface area (Å²) in [6, 6.07) is 5.66. The molecule has 0 fully saturated rings. The Balaban J connectivity index is 2.30. The Labute approximate surface area is 112 Å². The number of nitrogens with zero attached hydrogens (tertiary/aromatic N) is 1. The van der Waals surface area contributed by atoms with Crippen molar-refractivity contribution in [1.29, 1.82) is 0 Å². The molecular formula is C11H13ClN2OS2. The van der Waals surface area contributed by atoms with Gasteiger partial charge < -0.3 is 9.55 Å². The monoisotopic (exact) mass is 288 g/mol. The Morgan fingerprint density at radius 3 is 3.00 bits per heavy atom. The van der Waals surface area contributed by atoms with Gasteiger partial charge in [0, 0.05) is 34.4 Å². The lowest BCUT2D eigenvalue weighted by Crippen LogP contribution is -2.03. The summed E-state index contributed by atoms with van der Waals surface area (Å²) < 4.78 is 13.7. The van der Waals surface area contributed by atoms with Gasteiger partial charge >= 0.3 is 0 Å². The van der Waals surface area contributed by atoms with Gasteiger partial charge in [-0.3, -0.25) is 4.21 Å². The lowest BCUT2D eigenvalue weighted by Gasteiger charge is -2.03. The maximum atomic E-state index is 11.0. The molecule has 0 aliphatic carbocycles. The number of aromatic nitrogens is 2. The SMILES string of the molecule is CS(=O)CCCn1c(=S)[nH]c2cc(Cl)ccc21. The van der Waals surface area contributed by atoms with Crippen LogP contribution in [0.1, 0.15) is 6.42 Å². The molecule has 0 bridgehead atoms. The van der Waals surface area contributed by atoms with Crippen molar-refractivity contribution in [3.8, 4) is 0 Å². The zero-order valence-electron chi connectivity index (χ0n) is 9.40. The number of halogens is 1. The molecule has 0 radical (unpaired) electrons. The van der Waals surface area contributed by atoms with E-state index in [1.54, 1.807) is 6.26 Å². The first kappa shape index (κ1) is 12.8. The molecule has 6 heteroatoms. The van der Waals surface area contributed by atoms with Crippen molar-refractivity contribution in [1.82, 2.24) is 9.55 Å². The zero-order valence-corrected chi connectivity index (χ0v) is 11.8. The molecule has 1 unspecified atom stereocenters. The molecule has 1 heterocycles. The second-order valence-electron chi connectivity index (χ2n) is 3.87. The van der Waals surface area contributed by atoms with Crippen LogP contribution in [0.15, 0.2) is 18.2 Å². The topological polar surface area (TPSA) is 37.8 Å². The van der Waals surface area contributed by atoms with E-state index in [4.69, 9.17) is 23.8 Å². The van der Waals surface area contributed by atoms with Crippen LogP contribution in [-0.2, 0) is 17.3 Å². The van der Waals surface area contributed by atoms with Gasteiger partial charge in [0.25, 0.3) is 0 Å². The van der Waals surface area contributed by atoms with E-state index in [1.165, 1.54) is 0 Å². The van der Waals surface area contributed by atoms with Crippen molar-refractivity contribution < 1.29 is 4.21 Å². The van der Waals surface area contributed by atoms with Gasteiger partial charge in [-0.2, -0.15) is 0 Å². The van der Waals surface area contributed by atoms with Crippen molar-refractivity contribution in [2.75, 3.05) is 12.0 Å². The average Bonchev–Trinajstić information content (AvgIpc) is 2.54. The van der Waals surface area contributed by atoms with Crippen LogP contribution in [-0.4, -0.2) is 25.8 Å². The number of hydrogen-bond donors (Lipinski definition) is 1. The largest absolute Gasteiger partial charge is 0.331 e. The highest BCUT2D eigenvalue weighted by Gasteiger charge is 2.04. The van der Waals surface area contributed by atoms with E-state index in [9.17, 15) is 4.21 Å². The maximum absolute atomic E-state index is 11.0. The molecule has 1 atom stereocenters. The number of fused-ring (bicyclic) bond motifs is 1. The van der Waals surface area contributed by atoms with E-state index >= 15 is 0 Å². The van der Waals surface area contributed by atoms with Crippen LogP contribution >= 0.6 is 23.8 Å². The van der Waals surface area contributed by atoms with Gasteiger partial charge in [-0.05, 0) is 36.8 Å². The molecule has 0 spiro atoms. The van der Waals surface area contributed by atoms with Crippen LogP contribution in [0, 0.1) is 4.77 Å². The summed E-state index contributed by atoms with van der Waals surface area (Å²) in [6.45, 7) is 0.778. The molecule has 0 amide bonds. The third-order valence-electron chi connectivity index (χ3n) is 2.55. The van der Waals surface area contributed by atoms with Crippen molar-refractivity contribution in [3.05, 3.63) is 28.0 Å². The highest BCUT2D eigenvalue weighted by molar-refractivity contribution is 7.84. The van der Waals surface area contributed by atoms with E-state index in [0.717, 1.165) is 24.0 Å². The molecule has 92 valence electrons. The number of hydrogen-bond acceptors (Lipinski definition) is 2. The van der Waals surface area contributed by atoms with Gasteiger partial charge in [-0.25, -0.2) is 0 Å². The molecule has 0 saturated heterocycles. The maximum Gasteiger partial charge on any atom is 0.178 e. The van der Waals surface area contributed by atoms with Crippen LogP contribution in [0.2, 0.25) is 5.02 Å². The van der Waals surface area contributed by atoms with Crippen molar-refractivity contribution >= 4 is 45.7 Å². The number of benzene rings is 1. The summed E-state index contributed by atoms with van der Waals surface area (Å²) in [5.74, 6) is 0.696. The van der Waals surface area contributed by atoms with E-state index < -0.39 is 10.8 Å². The molecule has 2 aromatic rings. The van der Waals surface area contributed by atoms with Crippen molar-refractivity contribution in [3.63, 3.8) is 0 Å². The standard InChI is InChI=1S/C11H13ClN2OS2/c1-17(15)6-2-5-14-10-4-3-8(12)7-9(10)13-11(14)16/h3-4,7H,2,5-6H2,1H3,(H,13,16). The van der Waals surface area contributed by atoms with Crippen LogP contribution in [0.25, 0.3) is 11.0 Å². The molecule has 2 rings (SSSR count). The fraction of sp³-hybridized carbons (Fsp3) is 0.364. The van der Waals surface area contributed by atoms with Gasteiger partial charge in [0.05, 0.1) is 11.0 Å². The summed E-state index contributed by atoms with van der Waals surface area (Å²) in [7, 11) is -0.750. The number of nitrogens with one attached hydrogen (secondary N) is 1. The predicted molar refractivity (Wildman–Crippen MR) is 75.7 cm³/mol. The summed E-state index contributed by atoms with van der Waals surface area (Å²) in [5, 5.41) is 0.690. The third-order valence-corrected chi connectivity index (χ3v) is 3.97. The summed E-state index contributed by atoms with van der Waals surface area (Å²) in [4.78, 5) is 3.12. The molecule has 0 saturated carbocycles. The Hall–Kier alpha value is -0.650. The minimum atomic E-state index is -0.750. The number of aryl methyl sites for hydroxylation is 1. The molecule has 3 nitrogen and oxygen atoms in total. The quantitative estimate of drug-likeness (QED) is 0.878. The summed E-state index contributed by atoms with van der Waals surface area (Å²) in [6.07, 6.45) is 2.57.